The zero-order chi connectivity index (χ0) is 25.3. The van der Waals surface area contributed by atoms with Crippen molar-refractivity contribution >= 4 is 57.4 Å². The zero-order valence-corrected chi connectivity index (χ0v) is 21.6. The number of nitrogens with one attached hydrogen (secondary N) is 1. The van der Waals surface area contributed by atoms with E-state index in [-0.39, 0.29) is 11.6 Å². The number of nitrogens with zero attached hydrogens (tertiary/aromatic N) is 3. The van der Waals surface area contributed by atoms with Gasteiger partial charge in [-0.3, -0.25) is 9.36 Å². The van der Waals surface area contributed by atoms with E-state index < -0.39 is 6.04 Å². The molecule has 4 aromatic rings. The number of aryl methyl sites for hydroxylation is 1. The first-order chi connectivity index (χ1) is 16.7. The largest absolute Gasteiger partial charge is 0.322 e. The second-order valence-corrected chi connectivity index (χ2v) is 9.35. The Kier molecular flexibility index (Phi) is 7.36. The number of rotatable bonds is 5. The Labute approximate surface area is 218 Å². The Morgan fingerprint density at radius 2 is 1.74 bits per heavy atom. The second kappa shape index (κ2) is 10.3. The summed E-state index contributed by atoms with van der Waals surface area (Å²) in [6.45, 7) is 5.94. The van der Waals surface area contributed by atoms with Crippen molar-refractivity contribution in [1.29, 1.82) is 0 Å². The fourth-order valence-electron chi connectivity index (χ4n) is 4.04. The monoisotopic (exact) mass is 528 g/mol. The molecule has 1 unspecified atom stereocenters. The van der Waals surface area contributed by atoms with Gasteiger partial charge in [0.2, 0.25) is 0 Å². The van der Waals surface area contributed by atoms with Crippen LogP contribution in [0.3, 0.4) is 0 Å². The Morgan fingerprint density at radius 1 is 1.06 bits per heavy atom. The molecule has 35 heavy (non-hydrogen) atoms. The van der Waals surface area contributed by atoms with Crippen molar-refractivity contribution in [3.05, 3.63) is 97.5 Å². The van der Waals surface area contributed by atoms with Crippen LogP contribution in [0.1, 0.15) is 31.3 Å². The minimum Gasteiger partial charge on any atom is -0.315 e. The Hall–Kier alpha value is -3.06. The maximum atomic E-state index is 13.7. The molecule has 1 heterocycles. The molecule has 6 nitrogen and oxygen atoms in total. The van der Waals surface area contributed by atoms with E-state index in [1.54, 1.807) is 64.1 Å². The molecule has 1 atom stereocenters. The lowest BCUT2D eigenvalue weighted by molar-refractivity contribution is 0.193. The predicted octanol–water partition coefficient (Wildman–Crippen LogP) is 7.27. The van der Waals surface area contributed by atoms with Crippen LogP contribution < -0.4 is 10.9 Å². The van der Waals surface area contributed by atoms with Crippen LogP contribution in [0.15, 0.2) is 65.5 Å². The molecule has 2 amide bonds. The molecule has 0 fully saturated rings. The van der Waals surface area contributed by atoms with Crippen LogP contribution in [0.25, 0.3) is 16.6 Å². The normalized spacial score (nSPS) is 11.9. The van der Waals surface area contributed by atoms with Crippen LogP contribution in [0, 0.1) is 6.92 Å². The van der Waals surface area contributed by atoms with Gasteiger partial charge in [-0.15, -0.1) is 0 Å². The molecule has 1 N–H and O–H groups in total. The van der Waals surface area contributed by atoms with Gasteiger partial charge >= 0.3 is 6.03 Å². The van der Waals surface area contributed by atoms with Gasteiger partial charge in [0, 0.05) is 16.6 Å². The third-order valence-corrected chi connectivity index (χ3v) is 6.60. The number of urea groups is 1. The third-order valence-electron chi connectivity index (χ3n) is 5.82. The number of carbonyl (C=O) groups excluding carboxylic acids is 1. The van der Waals surface area contributed by atoms with Crippen LogP contribution in [0.2, 0.25) is 15.1 Å². The van der Waals surface area contributed by atoms with Gasteiger partial charge in [-0.25, -0.2) is 9.78 Å². The molecule has 4 rings (SSSR count). The SMILES string of the molecule is CCN(C(=O)Nc1ccc(Cl)cc1Cl)C(C)c1nc2ccccc2c(=O)n1-c1ccc(Cl)cc1C. The third kappa shape index (κ3) is 5.01. The number of aromatic nitrogens is 2. The summed E-state index contributed by atoms with van der Waals surface area (Å²) in [7, 11) is 0. The molecule has 0 aliphatic carbocycles. The van der Waals surface area contributed by atoms with Gasteiger partial charge in [-0.1, -0.05) is 46.9 Å². The average Bonchev–Trinajstić information content (AvgIpc) is 2.82. The predicted molar refractivity (Wildman–Crippen MR) is 143 cm³/mol. The molecule has 3 aromatic carbocycles. The van der Waals surface area contributed by atoms with Crippen LogP contribution in [-0.2, 0) is 0 Å². The minimum absolute atomic E-state index is 0.222. The first-order valence-electron chi connectivity index (χ1n) is 11.0. The average molecular weight is 530 g/mol. The van der Waals surface area contributed by atoms with E-state index in [0.29, 0.717) is 49.7 Å². The number of hydrogen-bond donors (Lipinski definition) is 1. The molecule has 0 aliphatic rings. The van der Waals surface area contributed by atoms with Crippen LogP contribution in [0.5, 0.6) is 0 Å². The summed E-state index contributed by atoms with van der Waals surface area (Å²) < 4.78 is 1.56. The number of carbonyl (C=O) groups is 1. The van der Waals surface area contributed by atoms with Gasteiger partial charge in [0.05, 0.1) is 33.3 Å². The lowest BCUT2D eigenvalue weighted by atomic mass is 10.1. The first kappa shape index (κ1) is 25.0. The van der Waals surface area contributed by atoms with E-state index in [1.165, 1.54) is 0 Å². The number of anilines is 1. The molecule has 0 saturated heterocycles. The van der Waals surface area contributed by atoms with E-state index in [4.69, 9.17) is 39.8 Å². The highest BCUT2D eigenvalue weighted by atomic mass is 35.5. The number of amides is 2. The Bertz CT molecular complexity index is 1490. The summed E-state index contributed by atoms with van der Waals surface area (Å²) in [6.07, 6.45) is 0. The van der Waals surface area contributed by atoms with Gasteiger partial charge in [-0.2, -0.15) is 0 Å². The molecule has 180 valence electrons. The minimum atomic E-state index is -0.557. The molecule has 0 aliphatic heterocycles. The van der Waals surface area contributed by atoms with Crippen LogP contribution in [0.4, 0.5) is 10.5 Å². The Morgan fingerprint density at radius 3 is 2.43 bits per heavy atom. The summed E-state index contributed by atoms with van der Waals surface area (Å²) >= 11 is 18.4. The van der Waals surface area contributed by atoms with Crippen molar-refractivity contribution in [2.24, 2.45) is 0 Å². The number of benzene rings is 3. The van der Waals surface area contributed by atoms with E-state index >= 15 is 0 Å². The smallest absolute Gasteiger partial charge is 0.315 e. The second-order valence-electron chi connectivity index (χ2n) is 8.07. The van der Waals surface area contributed by atoms with Crippen molar-refractivity contribution in [2.75, 3.05) is 11.9 Å². The van der Waals surface area contributed by atoms with Gasteiger partial charge < -0.3 is 10.2 Å². The highest BCUT2D eigenvalue weighted by Crippen LogP contribution is 2.28. The summed E-state index contributed by atoms with van der Waals surface area (Å²) in [4.78, 5) is 33.4. The van der Waals surface area contributed by atoms with Gasteiger partial charge in [-0.05, 0) is 74.9 Å². The topological polar surface area (TPSA) is 67.2 Å². The summed E-state index contributed by atoms with van der Waals surface area (Å²) in [5.74, 6) is 0.429. The number of fused-ring (bicyclic) bond motifs is 1. The van der Waals surface area contributed by atoms with Crippen molar-refractivity contribution < 1.29 is 4.79 Å². The van der Waals surface area contributed by atoms with E-state index in [1.807, 2.05) is 26.8 Å². The molecule has 0 bridgehead atoms. The van der Waals surface area contributed by atoms with E-state index in [2.05, 4.69) is 5.32 Å². The van der Waals surface area contributed by atoms with Crippen LogP contribution in [-0.4, -0.2) is 27.0 Å². The summed E-state index contributed by atoms with van der Waals surface area (Å²) in [6, 6.07) is 16.4. The molecule has 1 aromatic heterocycles. The highest BCUT2D eigenvalue weighted by molar-refractivity contribution is 6.36. The maximum Gasteiger partial charge on any atom is 0.322 e. The Balaban J connectivity index is 1.83. The van der Waals surface area contributed by atoms with Gasteiger partial charge in [0.15, 0.2) is 0 Å². The molecular weight excluding hydrogens is 507 g/mol. The summed E-state index contributed by atoms with van der Waals surface area (Å²) in [5, 5.41) is 4.68. The highest BCUT2D eigenvalue weighted by Gasteiger charge is 2.27. The number of hydrogen-bond acceptors (Lipinski definition) is 3. The van der Waals surface area contributed by atoms with E-state index in [9.17, 15) is 9.59 Å². The number of para-hydroxylation sites is 1. The zero-order valence-electron chi connectivity index (χ0n) is 19.3. The van der Waals surface area contributed by atoms with Crippen molar-refractivity contribution in [2.45, 2.75) is 26.8 Å². The molecule has 0 spiro atoms. The fraction of sp³-hybridized carbons (Fsp3) is 0.192. The van der Waals surface area contributed by atoms with Gasteiger partial charge in [0.25, 0.3) is 5.56 Å². The first-order valence-corrected chi connectivity index (χ1v) is 12.2. The molecular formula is C26H23Cl3N4O2. The van der Waals surface area contributed by atoms with E-state index in [0.717, 1.165) is 5.56 Å². The molecule has 9 heteroatoms. The van der Waals surface area contributed by atoms with Crippen molar-refractivity contribution in [3.8, 4) is 5.69 Å². The van der Waals surface area contributed by atoms with Crippen LogP contribution >= 0.6 is 34.8 Å². The lowest BCUT2D eigenvalue weighted by Crippen LogP contribution is -2.39. The lowest BCUT2D eigenvalue weighted by Gasteiger charge is -2.30. The van der Waals surface area contributed by atoms with Crippen molar-refractivity contribution in [3.63, 3.8) is 0 Å². The van der Waals surface area contributed by atoms with Crippen molar-refractivity contribution in [1.82, 2.24) is 14.5 Å². The molecule has 0 radical (unpaired) electrons. The molecule has 0 saturated carbocycles. The quantitative estimate of drug-likeness (QED) is 0.296. The summed E-state index contributed by atoms with van der Waals surface area (Å²) in [5.41, 5.74) is 2.23. The maximum absolute atomic E-state index is 13.7. The fourth-order valence-corrected chi connectivity index (χ4v) is 4.73. The van der Waals surface area contributed by atoms with Gasteiger partial charge in [0.1, 0.15) is 5.82 Å². The number of halogens is 3. The standard InChI is InChI=1S/C26H23Cl3N4O2/c1-4-32(26(35)31-22-11-9-18(28)14-20(22)29)16(3)24-30-21-8-6-5-7-19(21)25(34)33(24)23-12-10-17(27)13-15(23)2/h5-14,16H,4H2,1-3H3,(H,31,35).